The molecular weight excluding hydrogens is 204 g/mol. The fraction of sp³-hybridized carbons (Fsp3) is 0.889. The van der Waals surface area contributed by atoms with Gasteiger partial charge < -0.3 is 23.7 Å². The fourth-order valence-electron chi connectivity index (χ4n) is 2.12. The number of hydrogen-bond donors (Lipinski definition) is 0. The van der Waals surface area contributed by atoms with Crippen LogP contribution in [0.25, 0.3) is 0 Å². The third-order valence-corrected chi connectivity index (χ3v) is 2.69. The molecule has 0 aromatic heterocycles. The molecule has 0 radical (unpaired) electrons. The average molecular weight is 216 g/mol. The molecule has 15 heavy (non-hydrogen) atoms. The van der Waals surface area contributed by atoms with E-state index in [1.807, 2.05) is 0 Å². The Morgan fingerprint density at radius 1 is 1.27 bits per heavy atom. The van der Waals surface area contributed by atoms with E-state index in [4.69, 9.17) is 23.7 Å². The number of fused-ring (bicyclic) bond motifs is 3. The predicted molar refractivity (Wildman–Crippen MR) is 44.9 cm³/mol. The van der Waals surface area contributed by atoms with Crippen molar-refractivity contribution < 1.29 is 28.5 Å². The first kappa shape index (κ1) is 9.38. The average Bonchev–Trinajstić information content (AvgIpc) is 2.58. The van der Waals surface area contributed by atoms with Crippen LogP contribution < -0.4 is 0 Å². The molecule has 6 heteroatoms. The Morgan fingerprint density at radius 2 is 2.07 bits per heavy atom. The van der Waals surface area contributed by atoms with E-state index in [-0.39, 0.29) is 18.8 Å². The Bertz CT molecular complexity index is 301. The lowest BCUT2D eigenvalue weighted by Crippen LogP contribution is -2.44. The second kappa shape index (κ2) is 2.84. The van der Waals surface area contributed by atoms with Crippen LogP contribution in [-0.2, 0) is 23.7 Å². The van der Waals surface area contributed by atoms with Gasteiger partial charge in [-0.2, -0.15) is 0 Å². The summed E-state index contributed by atoms with van der Waals surface area (Å²) in [6, 6.07) is 0. The summed E-state index contributed by atoms with van der Waals surface area (Å²) in [4.78, 5) is 11.0. The van der Waals surface area contributed by atoms with Crippen molar-refractivity contribution >= 4 is 6.16 Å². The van der Waals surface area contributed by atoms with Crippen LogP contribution in [0.5, 0.6) is 0 Å². The topological polar surface area (TPSA) is 63.2 Å². The number of carbonyl (C=O) groups is 1. The summed E-state index contributed by atoms with van der Waals surface area (Å²) in [6.45, 7) is 3.79. The molecule has 4 atom stereocenters. The summed E-state index contributed by atoms with van der Waals surface area (Å²) in [5.74, 6) is -0.689. The molecule has 3 fully saturated rings. The zero-order chi connectivity index (χ0) is 10.6. The molecule has 0 aromatic carbocycles. The molecule has 0 unspecified atom stereocenters. The predicted octanol–water partition coefficient (Wildman–Crippen LogP) is 0.398. The maximum Gasteiger partial charge on any atom is 0.508 e. The summed E-state index contributed by atoms with van der Waals surface area (Å²) >= 11 is 0. The van der Waals surface area contributed by atoms with Gasteiger partial charge in [-0.15, -0.1) is 0 Å². The second-order valence-electron chi connectivity index (χ2n) is 4.29. The summed E-state index contributed by atoms with van der Waals surface area (Å²) < 4.78 is 26.4. The van der Waals surface area contributed by atoms with Gasteiger partial charge in [0.2, 0.25) is 0 Å². The van der Waals surface area contributed by atoms with Crippen molar-refractivity contribution in [3.8, 4) is 0 Å². The second-order valence-corrected chi connectivity index (χ2v) is 4.29. The van der Waals surface area contributed by atoms with Crippen molar-refractivity contribution in [2.24, 2.45) is 0 Å². The van der Waals surface area contributed by atoms with Gasteiger partial charge in [0, 0.05) is 0 Å². The van der Waals surface area contributed by atoms with Gasteiger partial charge in [-0.3, -0.25) is 0 Å². The molecule has 0 aliphatic carbocycles. The van der Waals surface area contributed by atoms with Crippen LogP contribution in [0.3, 0.4) is 0 Å². The van der Waals surface area contributed by atoms with E-state index in [9.17, 15) is 4.79 Å². The van der Waals surface area contributed by atoms with Crippen LogP contribution in [0.2, 0.25) is 0 Å². The lowest BCUT2D eigenvalue weighted by atomic mass is 10.1. The van der Waals surface area contributed by atoms with E-state index in [1.165, 1.54) is 0 Å². The lowest BCUT2D eigenvalue weighted by Gasteiger charge is -2.28. The number of rotatable bonds is 0. The first-order valence-corrected chi connectivity index (χ1v) is 4.90. The van der Waals surface area contributed by atoms with Gasteiger partial charge in [0.1, 0.15) is 12.7 Å². The van der Waals surface area contributed by atoms with Gasteiger partial charge >= 0.3 is 6.16 Å². The van der Waals surface area contributed by atoms with Gasteiger partial charge in [-0.25, -0.2) is 4.79 Å². The minimum atomic E-state index is -0.689. The maximum absolute atomic E-state index is 11.0. The summed E-state index contributed by atoms with van der Waals surface area (Å²) in [5.41, 5.74) is 0. The van der Waals surface area contributed by atoms with Crippen LogP contribution >= 0.6 is 0 Å². The van der Waals surface area contributed by atoms with Gasteiger partial charge in [0.05, 0.1) is 0 Å². The van der Waals surface area contributed by atoms with E-state index < -0.39 is 24.3 Å². The zero-order valence-corrected chi connectivity index (χ0v) is 8.47. The van der Waals surface area contributed by atoms with E-state index in [0.717, 1.165) is 0 Å². The molecule has 0 amide bonds. The van der Waals surface area contributed by atoms with E-state index in [0.29, 0.717) is 0 Å². The van der Waals surface area contributed by atoms with Crippen molar-refractivity contribution in [1.29, 1.82) is 0 Å². The Kier molecular flexibility index (Phi) is 1.78. The molecule has 0 spiro atoms. The summed E-state index contributed by atoms with van der Waals surface area (Å²) in [7, 11) is 0. The number of hydrogen-bond acceptors (Lipinski definition) is 6. The Labute approximate surface area is 86.4 Å². The largest absolute Gasteiger partial charge is 0.508 e. The quantitative estimate of drug-likeness (QED) is 0.546. The molecule has 3 rings (SSSR count). The summed E-state index contributed by atoms with van der Waals surface area (Å²) in [6.07, 6.45) is -2.19. The molecule has 0 bridgehead atoms. The third-order valence-electron chi connectivity index (χ3n) is 2.69. The molecule has 6 nitrogen and oxygen atoms in total. The van der Waals surface area contributed by atoms with Crippen LogP contribution in [0, 0.1) is 0 Å². The first-order valence-electron chi connectivity index (χ1n) is 4.90. The highest BCUT2D eigenvalue weighted by atomic mass is 16.9. The van der Waals surface area contributed by atoms with Crippen LogP contribution in [0.15, 0.2) is 0 Å². The van der Waals surface area contributed by atoms with Gasteiger partial charge in [0.15, 0.2) is 24.3 Å². The molecule has 3 aliphatic heterocycles. The van der Waals surface area contributed by atoms with Crippen molar-refractivity contribution in [3.05, 3.63) is 0 Å². The SMILES string of the molecule is CC1(C)O[C@@H]2O[C@@H]3COC(=O)O[C@@H]3[C@H]2O1. The molecule has 3 saturated heterocycles. The highest BCUT2D eigenvalue weighted by Crippen LogP contribution is 2.39. The fourth-order valence-corrected chi connectivity index (χ4v) is 2.12. The van der Waals surface area contributed by atoms with Crippen LogP contribution in [0.4, 0.5) is 4.79 Å². The van der Waals surface area contributed by atoms with E-state index in [1.54, 1.807) is 13.8 Å². The van der Waals surface area contributed by atoms with Crippen molar-refractivity contribution in [3.63, 3.8) is 0 Å². The lowest BCUT2D eigenvalue weighted by molar-refractivity contribution is -0.227. The molecule has 0 N–H and O–H groups in total. The Balaban J connectivity index is 1.79. The van der Waals surface area contributed by atoms with Crippen molar-refractivity contribution in [2.75, 3.05) is 6.61 Å². The Hall–Kier alpha value is -0.850. The molecule has 3 aliphatic rings. The molecule has 84 valence electrons. The van der Waals surface area contributed by atoms with Crippen LogP contribution in [-0.4, -0.2) is 43.2 Å². The molecular formula is C9H12O6. The van der Waals surface area contributed by atoms with Crippen molar-refractivity contribution in [1.82, 2.24) is 0 Å². The third kappa shape index (κ3) is 1.40. The zero-order valence-electron chi connectivity index (χ0n) is 8.47. The normalized spacial score (nSPS) is 46.7. The highest BCUT2D eigenvalue weighted by molar-refractivity contribution is 5.61. The van der Waals surface area contributed by atoms with Crippen LogP contribution in [0.1, 0.15) is 13.8 Å². The molecule has 3 heterocycles. The molecule has 0 saturated carbocycles. The number of ether oxygens (including phenoxy) is 5. The maximum atomic E-state index is 11.0. The number of carbonyl (C=O) groups excluding carboxylic acids is 1. The monoisotopic (exact) mass is 216 g/mol. The van der Waals surface area contributed by atoms with Gasteiger partial charge in [0.25, 0.3) is 0 Å². The standard InChI is InChI=1S/C9H12O6/c1-9(2)14-6-5-4(12-7(6)15-9)3-11-8(10)13-5/h4-7H,3H2,1-2H3/t4-,5+,6-,7+/m1/s1. The van der Waals surface area contributed by atoms with E-state index >= 15 is 0 Å². The minimum Gasteiger partial charge on any atom is -0.431 e. The van der Waals surface area contributed by atoms with E-state index in [2.05, 4.69) is 0 Å². The minimum absolute atomic E-state index is 0.198. The first-order chi connectivity index (χ1) is 7.05. The smallest absolute Gasteiger partial charge is 0.431 e. The Morgan fingerprint density at radius 3 is 2.87 bits per heavy atom. The van der Waals surface area contributed by atoms with Gasteiger partial charge in [-0.1, -0.05) is 0 Å². The summed E-state index contributed by atoms with van der Waals surface area (Å²) in [5, 5.41) is 0. The molecule has 0 aromatic rings. The van der Waals surface area contributed by atoms with Crippen molar-refractivity contribution in [2.45, 2.75) is 44.2 Å². The van der Waals surface area contributed by atoms with Gasteiger partial charge in [-0.05, 0) is 13.8 Å². The highest BCUT2D eigenvalue weighted by Gasteiger charge is 2.58. The number of cyclic esters (lactones) is 1.